The summed E-state index contributed by atoms with van der Waals surface area (Å²) < 4.78 is 24.3. The maximum absolute atomic E-state index is 14.0. The molecule has 1 aromatic carbocycles. The van der Waals surface area contributed by atoms with Crippen LogP contribution in [0.2, 0.25) is 0 Å². The van der Waals surface area contributed by atoms with Gasteiger partial charge in [-0.05, 0) is 32.0 Å². The van der Waals surface area contributed by atoms with Crippen molar-refractivity contribution in [1.82, 2.24) is 5.32 Å². The predicted octanol–water partition coefficient (Wildman–Crippen LogP) is 3.71. The first-order valence-corrected chi connectivity index (χ1v) is 6.72. The molecule has 1 aromatic heterocycles. The van der Waals surface area contributed by atoms with E-state index in [9.17, 15) is 4.39 Å². The molecule has 0 aliphatic rings. The maximum atomic E-state index is 14.0. The van der Waals surface area contributed by atoms with Crippen molar-refractivity contribution in [2.45, 2.75) is 32.4 Å². The number of hydrogen-bond donors (Lipinski definition) is 1. The lowest BCUT2D eigenvalue weighted by molar-refractivity contribution is 0.405. The van der Waals surface area contributed by atoms with Crippen molar-refractivity contribution in [1.29, 1.82) is 0 Å². The van der Waals surface area contributed by atoms with Crippen LogP contribution in [0.1, 0.15) is 31.2 Å². The quantitative estimate of drug-likeness (QED) is 0.874. The summed E-state index contributed by atoms with van der Waals surface area (Å²) in [5.74, 6) is 1.20. The highest BCUT2D eigenvalue weighted by Gasteiger charge is 2.15. The molecule has 0 bridgehead atoms. The Balaban J connectivity index is 1.98. The highest BCUT2D eigenvalue weighted by molar-refractivity contribution is 5.30. The molecule has 0 amide bonds. The van der Waals surface area contributed by atoms with Crippen LogP contribution >= 0.6 is 0 Å². The lowest BCUT2D eigenvalue weighted by Gasteiger charge is -2.20. The van der Waals surface area contributed by atoms with E-state index in [0.717, 1.165) is 12.2 Å². The minimum absolute atomic E-state index is 0.0779. The fourth-order valence-electron chi connectivity index (χ4n) is 2.29. The average Bonchev–Trinajstić information content (AvgIpc) is 2.90. The van der Waals surface area contributed by atoms with Gasteiger partial charge in [0.15, 0.2) is 0 Å². The van der Waals surface area contributed by atoms with Crippen LogP contribution in [-0.4, -0.2) is 13.2 Å². The standard InChI is InChI=1S/C16H20FNO2/c1-11(9-14-5-4-8-20-14)18-12(2)15-7-6-13(19-3)10-16(15)17/h4-8,10-12,18H,9H2,1-3H3. The van der Waals surface area contributed by atoms with Crippen LogP contribution < -0.4 is 10.1 Å². The number of halogens is 1. The van der Waals surface area contributed by atoms with Gasteiger partial charge in [-0.2, -0.15) is 0 Å². The highest BCUT2D eigenvalue weighted by Crippen LogP contribution is 2.22. The molecule has 2 atom stereocenters. The molecular formula is C16H20FNO2. The van der Waals surface area contributed by atoms with Gasteiger partial charge in [0.2, 0.25) is 0 Å². The van der Waals surface area contributed by atoms with Crippen LogP contribution in [0.5, 0.6) is 5.75 Å². The van der Waals surface area contributed by atoms with E-state index in [1.807, 2.05) is 19.1 Å². The van der Waals surface area contributed by atoms with Gasteiger partial charge in [-0.15, -0.1) is 0 Å². The van der Waals surface area contributed by atoms with Crippen molar-refractivity contribution >= 4 is 0 Å². The summed E-state index contributed by atoms with van der Waals surface area (Å²) in [6.07, 6.45) is 2.43. The van der Waals surface area contributed by atoms with E-state index < -0.39 is 0 Å². The van der Waals surface area contributed by atoms with Gasteiger partial charge in [-0.25, -0.2) is 4.39 Å². The van der Waals surface area contributed by atoms with Gasteiger partial charge >= 0.3 is 0 Å². The van der Waals surface area contributed by atoms with E-state index in [1.54, 1.807) is 18.4 Å². The second-order valence-electron chi connectivity index (χ2n) is 4.96. The second-order valence-corrected chi connectivity index (χ2v) is 4.96. The van der Waals surface area contributed by atoms with Crippen molar-refractivity contribution in [2.75, 3.05) is 7.11 Å². The molecule has 20 heavy (non-hydrogen) atoms. The SMILES string of the molecule is COc1ccc(C(C)NC(C)Cc2ccco2)c(F)c1. The van der Waals surface area contributed by atoms with Crippen molar-refractivity contribution in [3.8, 4) is 5.75 Å². The van der Waals surface area contributed by atoms with Gasteiger partial charge in [-0.1, -0.05) is 6.07 Å². The summed E-state index contributed by atoms with van der Waals surface area (Å²) in [5, 5.41) is 3.37. The predicted molar refractivity (Wildman–Crippen MR) is 76.4 cm³/mol. The summed E-state index contributed by atoms with van der Waals surface area (Å²) in [6.45, 7) is 4.00. The second kappa shape index (κ2) is 6.57. The molecule has 0 fully saturated rings. The Morgan fingerprint density at radius 3 is 2.70 bits per heavy atom. The monoisotopic (exact) mass is 277 g/mol. The number of methoxy groups -OCH3 is 1. The van der Waals surface area contributed by atoms with Gasteiger partial charge in [-0.3, -0.25) is 0 Å². The molecule has 3 nitrogen and oxygen atoms in total. The van der Waals surface area contributed by atoms with Crippen LogP contribution in [0.4, 0.5) is 4.39 Å². The third-order valence-electron chi connectivity index (χ3n) is 3.30. The van der Waals surface area contributed by atoms with Gasteiger partial charge in [0.1, 0.15) is 17.3 Å². The van der Waals surface area contributed by atoms with Crippen LogP contribution in [0, 0.1) is 5.82 Å². The molecule has 2 rings (SSSR count). The first-order chi connectivity index (χ1) is 9.60. The zero-order valence-corrected chi connectivity index (χ0v) is 12.0. The normalized spacial score (nSPS) is 14.0. The fourth-order valence-corrected chi connectivity index (χ4v) is 2.29. The zero-order chi connectivity index (χ0) is 14.5. The average molecular weight is 277 g/mol. The molecule has 1 N–H and O–H groups in total. The molecule has 0 aliphatic carbocycles. The first kappa shape index (κ1) is 14.6. The van der Waals surface area contributed by atoms with Crippen LogP contribution in [0.3, 0.4) is 0 Å². The third kappa shape index (κ3) is 3.61. The van der Waals surface area contributed by atoms with Crippen molar-refractivity contribution < 1.29 is 13.5 Å². The zero-order valence-electron chi connectivity index (χ0n) is 12.0. The van der Waals surface area contributed by atoms with E-state index >= 15 is 0 Å². The van der Waals surface area contributed by atoms with E-state index in [1.165, 1.54) is 13.2 Å². The number of rotatable bonds is 6. The number of ether oxygens (including phenoxy) is 1. The van der Waals surface area contributed by atoms with Gasteiger partial charge in [0, 0.05) is 30.1 Å². The third-order valence-corrected chi connectivity index (χ3v) is 3.30. The summed E-state index contributed by atoms with van der Waals surface area (Å²) in [6, 6.07) is 8.86. The fraction of sp³-hybridized carbons (Fsp3) is 0.375. The van der Waals surface area contributed by atoms with Crippen molar-refractivity contribution in [2.24, 2.45) is 0 Å². The topological polar surface area (TPSA) is 34.4 Å². The Labute approximate surface area is 118 Å². The maximum Gasteiger partial charge on any atom is 0.131 e. The van der Waals surface area contributed by atoms with Crippen LogP contribution in [0.15, 0.2) is 41.0 Å². The summed E-state index contributed by atoms with van der Waals surface area (Å²) in [7, 11) is 1.53. The molecule has 2 aromatic rings. The Kier molecular flexibility index (Phi) is 4.79. The number of nitrogens with one attached hydrogen (secondary N) is 1. The van der Waals surface area contributed by atoms with E-state index in [4.69, 9.17) is 9.15 Å². The molecular weight excluding hydrogens is 257 g/mol. The highest BCUT2D eigenvalue weighted by atomic mass is 19.1. The van der Waals surface area contributed by atoms with E-state index in [2.05, 4.69) is 12.2 Å². The number of hydrogen-bond acceptors (Lipinski definition) is 3. The van der Waals surface area contributed by atoms with E-state index in [0.29, 0.717) is 11.3 Å². The molecule has 2 unspecified atom stereocenters. The summed E-state index contributed by atoms with van der Waals surface area (Å²) in [4.78, 5) is 0. The van der Waals surface area contributed by atoms with Gasteiger partial charge < -0.3 is 14.5 Å². The van der Waals surface area contributed by atoms with Crippen molar-refractivity contribution in [3.05, 3.63) is 53.7 Å². The Hall–Kier alpha value is -1.81. The molecule has 4 heteroatoms. The van der Waals surface area contributed by atoms with Crippen LogP contribution in [-0.2, 0) is 6.42 Å². The molecule has 108 valence electrons. The Morgan fingerprint density at radius 2 is 2.10 bits per heavy atom. The number of benzene rings is 1. The first-order valence-electron chi connectivity index (χ1n) is 6.72. The molecule has 0 radical (unpaired) electrons. The van der Waals surface area contributed by atoms with Crippen molar-refractivity contribution in [3.63, 3.8) is 0 Å². The molecule has 0 saturated carbocycles. The minimum atomic E-state index is -0.255. The van der Waals surface area contributed by atoms with E-state index in [-0.39, 0.29) is 17.9 Å². The van der Waals surface area contributed by atoms with Gasteiger partial charge in [0.05, 0.1) is 13.4 Å². The molecule has 1 heterocycles. The smallest absolute Gasteiger partial charge is 0.131 e. The van der Waals surface area contributed by atoms with Gasteiger partial charge in [0.25, 0.3) is 0 Å². The Bertz CT molecular complexity index is 539. The molecule has 0 aliphatic heterocycles. The van der Waals surface area contributed by atoms with Crippen LogP contribution in [0.25, 0.3) is 0 Å². The number of furan rings is 1. The minimum Gasteiger partial charge on any atom is -0.497 e. The molecule has 0 spiro atoms. The largest absolute Gasteiger partial charge is 0.497 e. The molecule has 0 saturated heterocycles. The lowest BCUT2D eigenvalue weighted by Crippen LogP contribution is -2.31. The lowest BCUT2D eigenvalue weighted by atomic mass is 10.1. The summed E-state index contributed by atoms with van der Waals surface area (Å²) >= 11 is 0. The summed E-state index contributed by atoms with van der Waals surface area (Å²) in [5.41, 5.74) is 0.636. The Morgan fingerprint density at radius 1 is 1.30 bits per heavy atom.